The lowest BCUT2D eigenvalue weighted by molar-refractivity contribution is -0.124. The van der Waals surface area contributed by atoms with Gasteiger partial charge in [0.25, 0.3) is 6.43 Å². The Morgan fingerprint density at radius 3 is 2.63 bits per heavy atom. The number of hydrogen-bond acceptors (Lipinski definition) is 11. The molecule has 5 heterocycles. The van der Waals surface area contributed by atoms with Crippen molar-refractivity contribution in [2.75, 3.05) is 44.5 Å². The summed E-state index contributed by atoms with van der Waals surface area (Å²) in [4.78, 5) is 17.9. The van der Waals surface area contributed by atoms with Gasteiger partial charge in [-0.3, -0.25) is 4.40 Å². The first-order valence-electron chi connectivity index (χ1n) is 13.9. The molecular weight excluding hydrogens is 623 g/mol. The first-order valence-corrected chi connectivity index (χ1v) is 19.9. The fourth-order valence-electron chi connectivity index (χ4n) is 4.99. The highest BCUT2D eigenvalue weighted by atomic mass is 32.2. The minimum atomic E-state index is -4.19. The van der Waals surface area contributed by atoms with Crippen molar-refractivity contribution in [3.63, 3.8) is 0 Å². The van der Waals surface area contributed by atoms with Crippen molar-refractivity contribution in [3.05, 3.63) is 23.5 Å². The first-order chi connectivity index (χ1) is 20.2. The van der Waals surface area contributed by atoms with Gasteiger partial charge < -0.3 is 23.9 Å². The average molecular weight is 659 g/mol. The zero-order valence-corrected chi connectivity index (χ0v) is 27.3. The number of carbonyl (C=O) groups is 1. The number of hydrogen-bond donors (Lipinski definition) is 0. The van der Waals surface area contributed by atoms with E-state index in [4.69, 9.17) is 14.2 Å². The molecule has 0 unspecified atom stereocenters. The van der Waals surface area contributed by atoms with E-state index in [-0.39, 0.29) is 48.3 Å². The van der Waals surface area contributed by atoms with Gasteiger partial charge in [0.1, 0.15) is 17.7 Å². The van der Waals surface area contributed by atoms with Crippen LogP contribution in [0.2, 0.25) is 25.7 Å². The Morgan fingerprint density at radius 1 is 1.28 bits per heavy atom. The Hall–Kier alpha value is -2.41. The Balaban J connectivity index is 1.61. The van der Waals surface area contributed by atoms with Crippen LogP contribution in [0, 0.1) is 0 Å². The molecule has 2 aliphatic rings. The minimum Gasteiger partial charge on any atom is -0.377 e. The third-order valence-electron chi connectivity index (χ3n) is 7.41. The van der Waals surface area contributed by atoms with Gasteiger partial charge in [0.15, 0.2) is 22.1 Å². The number of fused-ring (bicyclic) bond motifs is 1. The topological polar surface area (TPSA) is 128 Å². The molecule has 12 nitrogen and oxygen atoms in total. The first kappa shape index (κ1) is 32.0. The summed E-state index contributed by atoms with van der Waals surface area (Å²) in [6.45, 7) is 11.5. The number of alkyl halides is 2. The zero-order chi connectivity index (χ0) is 31.2. The van der Waals surface area contributed by atoms with Gasteiger partial charge in [-0.2, -0.15) is 4.31 Å². The molecule has 0 aromatic carbocycles. The monoisotopic (exact) mass is 658 g/mol. The molecule has 3 aromatic heterocycles. The summed E-state index contributed by atoms with van der Waals surface area (Å²) in [5, 5.41) is 7.12. The van der Waals surface area contributed by atoms with Crippen LogP contribution < -0.4 is 4.90 Å². The minimum absolute atomic E-state index is 0.0587. The smallest absolute Gasteiger partial charge is 0.291 e. The van der Waals surface area contributed by atoms with Crippen molar-refractivity contribution in [2.45, 2.75) is 68.6 Å². The number of morpholine rings is 1. The molecule has 0 amide bonds. The largest absolute Gasteiger partial charge is 0.377 e. The molecule has 43 heavy (non-hydrogen) atoms. The summed E-state index contributed by atoms with van der Waals surface area (Å²) < 4.78 is 75.4. The lowest BCUT2D eigenvalue weighted by atomic mass is 10.0. The third-order valence-corrected chi connectivity index (χ3v) is 12.0. The number of halogens is 2. The summed E-state index contributed by atoms with van der Waals surface area (Å²) >= 11 is 0.683. The second kappa shape index (κ2) is 12.2. The normalized spacial score (nSPS) is 21.1. The fraction of sp³-hybridized carbons (Fsp3) is 0.615. The molecule has 0 bridgehead atoms. The number of ether oxygens (including phenoxy) is 3. The van der Waals surface area contributed by atoms with Gasteiger partial charge in [0.05, 0.1) is 48.8 Å². The van der Waals surface area contributed by atoms with Gasteiger partial charge >= 0.3 is 0 Å². The molecule has 2 atom stereocenters. The van der Waals surface area contributed by atoms with Gasteiger partial charge in [0.2, 0.25) is 10.0 Å². The zero-order valence-electron chi connectivity index (χ0n) is 24.7. The summed E-state index contributed by atoms with van der Waals surface area (Å²) in [6, 6.07) is 2.43. The van der Waals surface area contributed by atoms with E-state index in [1.54, 1.807) is 6.07 Å². The van der Waals surface area contributed by atoms with Crippen molar-refractivity contribution < 1.29 is 36.2 Å². The van der Waals surface area contributed by atoms with Crippen molar-refractivity contribution in [1.29, 1.82) is 0 Å². The molecule has 0 N–H and O–H groups in total. The highest BCUT2D eigenvalue weighted by Crippen LogP contribution is 2.37. The van der Waals surface area contributed by atoms with Gasteiger partial charge in [-0.25, -0.2) is 22.2 Å². The van der Waals surface area contributed by atoms with Crippen LogP contribution in [0.3, 0.4) is 0 Å². The molecule has 2 fully saturated rings. The number of aromatic nitrogens is 4. The highest BCUT2D eigenvalue weighted by molar-refractivity contribution is 7.89. The molecule has 236 valence electrons. The van der Waals surface area contributed by atoms with E-state index in [2.05, 4.69) is 34.8 Å². The Labute approximate surface area is 254 Å². The molecule has 0 radical (unpaired) electrons. The Bertz CT molecular complexity index is 1580. The molecule has 0 spiro atoms. The van der Waals surface area contributed by atoms with E-state index in [9.17, 15) is 22.0 Å². The van der Waals surface area contributed by atoms with Crippen LogP contribution in [-0.4, -0.2) is 104 Å². The maximum absolute atomic E-state index is 14.4. The average Bonchev–Trinajstić information content (AvgIpc) is 3.57. The van der Waals surface area contributed by atoms with Crippen LogP contribution in [0.25, 0.3) is 16.3 Å². The standard InChI is InChI=1S/C26H36F2N6O6S2Si/c1-17-10-32(11-18(13-35)40-17)20-8-19(12-33-21(20)9-29-23(33)25-31-30-24(41-25)22(27)28)42(36,37)34(26(2)14-39-15-26)16-38-6-7-43(3,4)5/h8-9,12-13,17-18,22H,6-7,10-11,14-16H2,1-5H3/t17-,18+/m0/s1. The lowest BCUT2D eigenvalue weighted by Gasteiger charge is -2.45. The van der Waals surface area contributed by atoms with E-state index >= 15 is 0 Å². The van der Waals surface area contributed by atoms with E-state index in [0.717, 1.165) is 6.04 Å². The van der Waals surface area contributed by atoms with Crippen LogP contribution in [0.15, 0.2) is 23.4 Å². The van der Waals surface area contributed by atoms with E-state index in [0.29, 0.717) is 42.0 Å². The predicted molar refractivity (Wildman–Crippen MR) is 159 cm³/mol. The lowest BCUT2D eigenvalue weighted by Crippen LogP contribution is -2.62. The summed E-state index contributed by atoms with van der Waals surface area (Å²) in [5.74, 6) is 0.169. The molecule has 0 aliphatic carbocycles. The molecule has 2 aliphatic heterocycles. The number of rotatable bonds is 12. The SMILES string of the molecule is C[C@H]1CN(c2cc(S(=O)(=O)N(COCC[Si](C)(C)C)C3(C)COC3)cn3c(-c4nnc(C(F)F)s4)ncc23)C[C@H](C=O)O1. The summed E-state index contributed by atoms with van der Waals surface area (Å²) in [5.41, 5.74) is 0.180. The van der Waals surface area contributed by atoms with Crippen LogP contribution in [0.4, 0.5) is 14.5 Å². The molecule has 2 saturated heterocycles. The summed E-state index contributed by atoms with van der Waals surface area (Å²) in [7, 11) is -5.61. The second-order valence-corrected chi connectivity index (χ2v) is 20.9. The molecule has 17 heteroatoms. The van der Waals surface area contributed by atoms with Gasteiger partial charge in [-0.1, -0.05) is 31.0 Å². The predicted octanol–water partition coefficient (Wildman–Crippen LogP) is 3.67. The van der Waals surface area contributed by atoms with Crippen molar-refractivity contribution >= 4 is 46.9 Å². The number of imidazole rings is 1. The van der Waals surface area contributed by atoms with E-state index < -0.39 is 41.2 Å². The van der Waals surface area contributed by atoms with Gasteiger partial charge in [-0.05, 0) is 26.0 Å². The quantitative estimate of drug-likeness (QED) is 0.123. The number of sulfonamides is 1. The Kier molecular flexibility index (Phi) is 9.06. The number of anilines is 1. The number of nitrogens with zero attached hydrogens (tertiary/aromatic N) is 6. The maximum Gasteiger partial charge on any atom is 0.291 e. The van der Waals surface area contributed by atoms with Crippen LogP contribution in [0.1, 0.15) is 25.3 Å². The summed E-state index contributed by atoms with van der Waals surface area (Å²) in [6.07, 6.45) is -0.181. The molecule has 0 saturated carbocycles. The molecule has 5 rings (SSSR count). The fourth-order valence-corrected chi connectivity index (χ4v) is 8.09. The van der Waals surface area contributed by atoms with Crippen LogP contribution in [-0.2, 0) is 29.0 Å². The molecular formula is C26H36F2N6O6S2Si. The van der Waals surface area contributed by atoms with E-state index in [1.807, 2.05) is 18.7 Å². The van der Waals surface area contributed by atoms with Crippen LogP contribution >= 0.6 is 11.3 Å². The van der Waals surface area contributed by atoms with Crippen LogP contribution in [0.5, 0.6) is 0 Å². The molecule has 3 aromatic rings. The van der Waals surface area contributed by atoms with Crippen molar-refractivity contribution in [3.8, 4) is 10.8 Å². The van der Waals surface area contributed by atoms with E-state index in [1.165, 1.54) is 21.1 Å². The third kappa shape index (κ3) is 6.67. The van der Waals surface area contributed by atoms with Crippen molar-refractivity contribution in [2.24, 2.45) is 0 Å². The highest BCUT2D eigenvalue weighted by Gasteiger charge is 2.47. The van der Waals surface area contributed by atoms with Gasteiger partial charge in [0, 0.05) is 27.4 Å². The number of aldehydes is 1. The van der Waals surface area contributed by atoms with Crippen molar-refractivity contribution in [1.82, 2.24) is 23.9 Å². The second-order valence-electron chi connectivity index (χ2n) is 12.4. The van der Waals surface area contributed by atoms with Gasteiger partial charge in [-0.15, -0.1) is 10.2 Å². The number of pyridine rings is 1. The number of carbonyl (C=O) groups excluding carboxylic acids is 1. The maximum atomic E-state index is 14.4. The Morgan fingerprint density at radius 2 is 2.02 bits per heavy atom.